The van der Waals surface area contributed by atoms with Gasteiger partial charge in [-0.25, -0.2) is 0 Å². The summed E-state index contributed by atoms with van der Waals surface area (Å²) < 4.78 is 5.00. The zero-order valence-electron chi connectivity index (χ0n) is 14.0. The topological polar surface area (TPSA) is 84.5 Å². The third kappa shape index (κ3) is 6.50. The highest BCUT2D eigenvalue weighted by Crippen LogP contribution is 2.06. The summed E-state index contributed by atoms with van der Waals surface area (Å²) in [5, 5.41) is 5.17. The first kappa shape index (κ1) is 18.7. The highest BCUT2D eigenvalue weighted by atomic mass is 16.5. The van der Waals surface area contributed by atoms with E-state index in [9.17, 15) is 14.4 Å². The molecule has 0 saturated carbocycles. The number of benzene rings is 1. The van der Waals surface area contributed by atoms with Gasteiger partial charge in [-0.2, -0.15) is 0 Å². The largest absolute Gasteiger partial charge is 0.451 e. The van der Waals surface area contributed by atoms with Crippen molar-refractivity contribution in [1.29, 1.82) is 0 Å². The molecule has 2 N–H and O–H groups in total. The van der Waals surface area contributed by atoms with E-state index in [4.69, 9.17) is 4.74 Å². The molecule has 1 unspecified atom stereocenters. The van der Waals surface area contributed by atoms with E-state index in [0.29, 0.717) is 18.0 Å². The first-order valence-electron chi connectivity index (χ1n) is 7.62. The number of aryl methyl sites for hydroxylation is 1. The van der Waals surface area contributed by atoms with E-state index in [-0.39, 0.29) is 18.4 Å². The standard InChI is InChI=1S/C17H24N2O4/c1-11(2)9-18-16(21)13(4)23-15(20)10-19-17(22)14-8-6-5-7-12(14)3/h5-8,11,13H,9-10H2,1-4H3,(H,18,21)(H,19,22). The number of carbonyl (C=O) groups is 3. The zero-order valence-corrected chi connectivity index (χ0v) is 14.0. The van der Waals surface area contributed by atoms with Gasteiger partial charge in [-0.3, -0.25) is 14.4 Å². The monoisotopic (exact) mass is 320 g/mol. The molecular formula is C17H24N2O4. The van der Waals surface area contributed by atoms with Crippen LogP contribution in [0.2, 0.25) is 0 Å². The van der Waals surface area contributed by atoms with E-state index >= 15 is 0 Å². The first-order chi connectivity index (χ1) is 10.8. The van der Waals surface area contributed by atoms with Crippen molar-refractivity contribution < 1.29 is 19.1 Å². The summed E-state index contributed by atoms with van der Waals surface area (Å²) in [6.07, 6.45) is -0.892. The molecule has 126 valence electrons. The lowest BCUT2D eigenvalue weighted by molar-refractivity contribution is -0.153. The maximum atomic E-state index is 12.0. The Balaban J connectivity index is 2.41. The van der Waals surface area contributed by atoms with Crippen LogP contribution in [-0.4, -0.2) is 37.0 Å². The molecule has 2 amide bonds. The number of hydrogen-bond donors (Lipinski definition) is 2. The molecule has 0 aliphatic rings. The second-order valence-electron chi connectivity index (χ2n) is 5.77. The Labute approximate surface area is 136 Å². The maximum Gasteiger partial charge on any atom is 0.326 e. The minimum absolute atomic E-state index is 0.283. The van der Waals surface area contributed by atoms with E-state index in [1.165, 1.54) is 6.92 Å². The quantitative estimate of drug-likeness (QED) is 0.744. The third-order valence-electron chi connectivity index (χ3n) is 3.14. The van der Waals surface area contributed by atoms with Crippen LogP contribution in [0.4, 0.5) is 0 Å². The van der Waals surface area contributed by atoms with Crippen molar-refractivity contribution in [2.24, 2.45) is 5.92 Å². The molecule has 0 spiro atoms. The molecule has 0 bridgehead atoms. The molecule has 1 aromatic rings. The average Bonchev–Trinajstić information content (AvgIpc) is 2.50. The number of nitrogens with one attached hydrogen (secondary N) is 2. The third-order valence-corrected chi connectivity index (χ3v) is 3.14. The molecule has 6 nitrogen and oxygen atoms in total. The lowest BCUT2D eigenvalue weighted by Gasteiger charge is -2.15. The lowest BCUT2D eigenvalue weighted by Crippen LogP contribution is -2.40. The van der Waals surface area contributed by atoms with Crippen molar-refractivity contribution in [3.8, 4) is 0 Å². The van der Waals surface area contributed by atoms with Crippen molar-refractivity contribution in [3.05, 3.63) is 35.4 Å². The van der Waals surface area contributed by atoms with Crippen molar-refractivity contribution in [2.75, 3.05) is 13.1 Å². The van der Waals surface area contributed by atoms with Gasteiger partial charge in [0.2, 0.25) is 0 Å². The van der Waals surface area contributed by atoms with Crippen LogP contribution >= 0.6 is 0 Å². The van der Waals surface area contributed by atoms with Crippen LogP contribution in [0.15, 0.2) is 24.3 Å². The molecule has 6 heteroatoms. The summed E-state index contributed by atoms with van der Waals surface area (Å²) in [5.41, 5.74) is 1.32. The van der Waals surface area contributed by atoms with Gasteiger partial charge in [0.25, 0.3) is 11.8 Å². The van der Waals surface area contributed by atoms with Crippen molar-refractivity contribution in [3.63, 3.8) is 0 Å². The Bertz CT molecular complexity index is 569. The SMILES string of the molecule is Cc1ccccc1C(=O)NCC(=O)OC(C)C(=O)NCC(C)C. The minimum atomic E-state index is -0.892. The molecular weight excluding hydrogens is 296 g/mol. The second kappa shape index (κ2) is 8.92. The Hall–Kier alpha value is -2.37. The fourth-order valence-electron chi connectivity index (χ4n) is 1.82. The molecule has 0 saturated heterocycles. The van der Waals surface area contributed by atoms with Gasteiger partial charge in [-0.15, -0.1) is 0 Å². The van der Waals surface area contributed by atoms with Gasteiger partial charge in [0.15, 0.2) is 6.10 Å². The molecule has 0 aliphatic carbocycles. The Morgan fingerprint density at radius 3 is 2.35 bits per heavy atom. The molecule has 0 heterocycles. The Kier molecular flexibility index (Phi) is 7.25. The zero-order chi connectivity index (χ0) is 17.4. The summed E-state index contributed by atoms with van der Waals surface area (Å²) in [6, 6.07) is 7.07. The molecule has 0 aliphatic heterocycles. The van der Waals surface area contributed by atoms with E-state index < -0.39 is 12.1 Å². The van der Waals surface area contributed by atoms with Gasteiger partial charge >= 0.3 is 5.97 Å². The summed E-state index contributed by atoms with van der Waals surface area (Å²) in [7, 11) is 0. The molecule has 1 aromatic carbocycles. The number of ether oxygens (including phenoxy) is 1. The minimum Gasteiger partial charge on any atom is -0.451 e. The number of carbonyl (C=O) groups excluding carboxylic acids is 3. The fourth-order valence-corrected chi connectivity index (χ4v) is 1.82. The summed E-state index contributed by atoms with van der Waals surface area (Å²) in [6.45, 7) is 7.49. The van der Waals surface area contributed by atoms with E-state index in [0.717, 1.165) is 5.56 Å². The van der Waals surface area contributed by atoms with Gasteiger partial charge in [0.05, 0.1) is 0 Å². The fraction of sp³-hybridized carbons (Fsp3) is 0.471. The molecule has 0 aromatic heterocycles. The molecule has 23 heavy (non-hydrogen) atoms. The van der Waals surface area contributed by atoms with Gasteiger partial charge in [0.1, 0.15) is 6.54 Å². The van der Waals surface area contributed by atoms with Crippen LogP contribution in [0.5, 0.6) is 0 Å². The van der Waals surface area contributed by atoms with Crippen LogP contribution in [0, 0.1) is 12.8 Å². The Morgan fingerprint density at radius 2 is 1.74 bits per heavy atom. The summed E-state index contributed by atoms with van der Waals surface area (Å²) >= 11 is 0. The highest BCUT2D eigenvalue weighted by Gasteiger charge is 2.18. The summed E-state index contributed by atoms with van der Waals surface area (Å²) in [5.74, 6) is -1.04. The number of hydrogen-bond acceptors (Lipinski definition) is 4. The van der Waals surface area contributed by atoms with Crippen molar-refractivity contribution >= 4 is 17.8 Å². The van der Waals surface area contributed by atoms with E-state index in [2.05, 4.69) is 10.6 Å². The molecule has 1 atom stereocenters. The average molecular weight is 320 g/mol. The number of amides is 2. The van der Waals surface area contributed by atoms with Crippen molar-refractivity contribution in [2.45, 2.75) is 33.8 Å². The van der Waals surface area contributed by atoms with E-state index in [1.807, 2.05) is 32.9 Å². The predicted molar refractivity (Wildman–Crippen MR) is 86.9 cm³/mol. The lowest BCUT2D eigenvalue weighted by atomic mass is 10.1. The van der Waals surface area contributed by atoms with Gasteiger partial charge in [-0.1, -0.05) is 32.0 Å². The second-order valence-corrected chi connectivity index (χ2v) is 5.77. The van der Waals surface area contributed by atoms with Gasteiger partial charge in [-0.05, 0) is 31.4 Å². The van der Waals surface area contributed by atoms with Crippen LogP contribution in [0.25, 0.3) is 0 Å². The normalized spacial score (nSPS) is 11.7. The maximum absolute atomic E-state index is 12.0. The summed E-state index contributed by atoms with van der Waals surface area (Å²) in [4.78, 5) is 35.4. The molecule has 0 radical (unpaired) electrons. The van der Waals surface area contributed by atoms with Crippen molar-refractivity contribution in [1.82, 2.24) is 10.6 Å². The smallest absolute Gasteiger partial charge is 0.326 e. The van der Waals surface area contributed by atoms with Crippen LogP contribution in [0.3, 0.4) is 0 Å². The van der Waals surface area contributed by atoms with Crippen LogP contribution in [0.1, 0.15) is 36.7 Å². The van der Waals surface area contributed by atoms with Crippen LogP contribution < -0.4 is 10.6 Å². The number of esters is 1. The van der Waals surface area contributed by atoms with Crippen LogP contribution in [-0.2, 0) is 14.3 Å². The van der Waals surface area contributed by atoms with Gasteiger partial charge in [0, 0.05) is 12.1 Å². The highest BCUT2D eigenvalue weighted by molar-refractivity contribution is 5.97. The number of rotatable bonds is 7. The van der Waals surface area contributed by atoms with E-state index in [1.54, 1.807) is 12.1 Å². The van der Waals surface area contributed by atoms with Gasteiger partial charge < -0.3 is 15.4 Å². The first-order valence-corrected chi connectivity index (χ1v) is 7.62. The molecule has 0 fully saturated rings. The Morgan fingerprint density at radius 1 is 1.09 bits per heavy atom. The molecule has 1 rings (SSSR count). The predicted octanol–water partition coefficient (Wildman–Crippen LogP) is 1.43.